The minimum absolute atomic E-state index is 0.0785. The minimum atomic E-state index is -2.84. The predicted octanol–water partition coefficient (Wildman–Crippen LogP) is 4.04. The molecule has 1 fully saturated rings. The number of nitrogens with one attached hydrogen (secondary N) is 1. The number of hydrogen-bond acceptors (Lipinski definition) is 5. The van der Waals surface area contributed by atoms with Crippen LogP contribution in [0.1, 0.15) is 56.1 Å². The molecule has 0 radical (unpaired) electrons. The van der Waals surface area contributed by atoms with Crippen molar-refractivity contribution in [1.29, 1.82) is 0 Å². The van der Waals surface area contributed by atoms with Crippen molar-refractivity contribution in [3.8, 4) is 0 Å². The van der Waals surface area contributed by atoms with Crippen molar-refractivity contribution < 1.29 is 23.1 Å². The first-order valence-electron chi connectivity index (χ1n) is 11.9. The molecule has 2 aliphatic heterocycles. The summed E-state index contributed by atoms with van der Waals surface area (Å²) in [5.74, 6) is -1.28. The van der Waals surface area contributed by atoms with Crippen LogP contribution in [0.25, 0.3) is 10.9 Å². The average Bonchev–Trinajstić information content (AvgIpc) is 3.24. The van der Waals surface area contributed by atoms with Crippen LogP contribution in [-0.2, 0) is 9.53 Å². The summed E-state index contributed by atoms with van der Waals surface area (Å²) in [6.07, 6.45) is 4.89. The van der Waals surface area contributed by atoms with E-state index in [-0.39, 0.29) is 29.6 Å². The Labute approximate surface area is 203 Å². The smallest absolute Gasteiger partial charge is 0.333 e. The molecule has 0 aliphatic carbocycles. The maximum absolute atomic E-state index is 13.8. The number of aromatic nitrogens is 2. The molecule has 0 saturated carbocycles. The van der Waals surface area contributed by atoms with Crippen molar-refractivity contribution in [2.24, 2.45) is 10.9 Å². The molecule has 8 nitrogen and oxygen atoms in total. The molecule has 2 aromatic rings. The number of aliphatic imine (C=N–C) groups is 1. The van der Waals surface area contributed by atoms with E-state index in [1.165, 1.54) is 12.3 Å². The molecule has 0 spiro atoms. The molecular weight excluding hydrogens is 456 g/mol. The van der Waals surface area contributed by atoms with E-state index in [1.807, 2.05) is 26.8 Å². The van der Waals surface area contributed by atoms with Gasteiger partial charge in [0.1, 0.15) is 0 Å². The Hall–Kier alpha value is -3.14. The maximum Gasteiger partial charge on any atom is 0.333 e. The number of fused-ring (bicyclic) bond motifs is 1. The number of rotatable bonds is 7. The van der Waals surface area contributed by atoms with Crippen LogP contribution in [0.4, 0.5) is 14.5 Å². The fourth-order valence-corrected chi connectivity index (χ4v) is 5.08. The summed E-state index contributed by atoms with van der Waals surface area (Å²) in [4.78, 5) is 31.9. The maximum atomic E-state index is 13.8. The van der Waals surface area contributed by atoms with Gasteiger partial charge in [0.15, 0.2) is 0 Å². The molecule has 2 aliphatic rings. The van der Waals surface area contributed by atoms with Crippen molar-refractivity contribution in [2.75, 3.05) is 31.2 Å². The molecule has 1 unspecified atom stereocenters. The van der Waals surface area contributed by atoms with Crippen LogP contribution < -0.4 is 10.2 Å². The number of amides is 2. The van der Waals surface area contributed by atoms with E-state index in [9.17, 15) is 18.4 Å². The Morgan fingerprint density at radius 2 is 2.00 bits per heavy atom. The zero-order valence-electron chi connectivity index (χ0n) is 20.5. The Bertz CT molecular complexity index is 1200. The topological polar surface area (TPSA) is 88.8 Å². The quantitative estimate of drug-likeness (QED) is 0.637. The van der Waals surface area contributed by atoms with Crippen molar-refractivity contribution in [1.82, 2.24) is 15.1 Å². The number of alkyl halides is 2. The normalized spacial score (nSPS) is 19.2. The molecule has 1 atom stereocenters. The molecule has 2 amide bonds. The van der Waals surface area contributed by atoms with Gasteiger partial charge in [0.25, 0.3) is 11.8 Å². The van der Waals surface area contributed by atoms with Crippen LogP contribution in [0.2, 0.25) is 0 Å². The van der Waals surface area contributed by atoms with Crippen LogP contribution in [0.5, 0.6) is 0 Å². The fourth-order valence-electron chi connectivity index (χ4n) is 5.08. The first-order valence-corrected chi connectivity index (χ1v) is 11.9. The van der Waals surface area contributed by atoms with Gasteiger partial charge in [0.2, 0.25) is 0 Å². The molecule has 10 heteroatoms. The summed E-state index contributed by atoms with van der Waals surface area (Å²) >= 11 is 0. The first-order chi connectivity index (χ1) is 16.7. The highest BCUT2D eigenvalue weighted by Gasteiger charge is 2.29. The molecule has 0 bridgehead atoms. The third kappa shape index (κ3) is 4.84. The number of nitrogens with zero attached hydrogens (tertiary/aromatic N) is 4. The van der Waals surface area contributed by atoms with E-state index in [0.717, 1.165) is 24.1 Å². The van der Waals surface area contributed by atoms with Gasteiger partial charge in [0, 0.05) is 49.0 Å². The monoisotopic (exact) mass is 487 g/mol. The van der Waals surface area contributed by atoms with Crippen molar-refractivity contribution >= 4 is 34.1 Å². The third-order valence-electron chi connectivity index (χ3n) is 6.86. The van der Waals surface area contributed by atoms with Crippen LogP contribution in [0.15, 0.2) is 28.9 Å². The molecule has 35 heavy (non-hydrogen) atoms. The highest BCUT2D eigenvalue weighted by molar-refractivity contribution is 6.07. The lowest BCUT2D eigenvalue weighted by Crippen LogP contribution is -2.40. The number of anilines is 1. The number of carbonyl (C=O) groups is 2. The Balaban J connectivity index is 1.72. The second kappa shape index (κ2) is 10.2. The summed E-state index contributed by atoms with van der Waals surface area (Å²) in [6, 6.07) is 1.63. The van der Waals surface area contributed by atoms with E-state index < -0.39 is 18.4 Å². The Morgan fingerprint density at radius 1 is 1.29 bits per heavy atom. The second-order valence-electron chi connectivity index (χ2n) is 9.07. The van der Waals surface area contributed by atoms with Gasteiger partial charge in [-0.3, -0.25) is 9.59 Å². The molecule has 1 aromatic heterocycles. The van der Waals surface area contributed by atoms with Crippen molar-refractivity contribution in [3.05, 3.63) is 35.0 Å². The largest absolute Gasteiger partial charge is 0.381 e. The highest BCUT2D eigenvalue weighted by atomic mass is 19.3. The number of dihydropyridines is 1. The number of hydrogen-bond donors (Lipinski definition) is 1. The standard InChI is InChI=1S/C25H31F2N5O3/c1-5-31(17-6-8-35-9-7-17)22-16(4)18(11-21-20(22)13-29-32(21)25(26)27)23(33)28-12-19-14(2)10-15(3)30-24(19)34/h10-11,13,17,19,25H,5-9,12H2,1-4H3,(H,28,33). The van der Waals surface area contributed by atoms with Crippen LogP contribution in [0, 0.1) is 12.8 Å². The lowest BCUT2D eigenvalue weighted by molar-refractivity contribution is -0.120. The lowest BCUT2D eigenvalue weighted by atomic mass is 9.95. The highest BCUT2D eigenvalue weighted by Crippen LogP contribution is 2.37. The predicted molar refractivity (Wildman–Crippen MR) is 130 cm³/mol. The number of carbonyl (C=O) groups excluding carboxylic acids is 2. The summed E-state index contributed by atoms with van der Waals surface area (Å²) in [5, 5.41) is 7.33. The van der Waals surface area contributed by atoms with Gasteiger partial charge in [0.05, 0.1) is 23.3 Å². The number of allylic oxidation sites excluding steroid dienone is 1. The summed E-state index contributed by atoms with van der Waals surface area (Å²) in [5.41, 5.74) is 3.36. The van der Waals surface area contributed by atoms with Crippen molar-refractivity contribution in [2.45, 2.75) is 53.1 Å². The molecule has 1 saturated heterocycles. The van der Waals surface area contributed by atoms with Gasteiger partial charge < -0.3 is 15.0 Å². The minimum Gasteiger partial charge on any atom is -0.381 e. The van der Waals surface area contributed by atoms with E-state index in [0.29, 0.717) is 41.1 Å². The van der Waals surface area contributed by atoms with Gasteiger partial charge in [-0.25, -0.2) is 9.67 Å². The molecule has 1 N–H and O–H groups in total. The summed E-state index contributed by atoms with van der Waals surface area (Å²) < 4.78 is 33.7. The van der Waals surface area contributed by atoms with Crippen LogP contribution >= 0.6 is 0 Å². The molecule has 1 aromatic carbocycles. The van der Waals surface area contributed by atoms with Crippen molar-refractivity contribution in [3.63, 3.8) is 0 Å². The number of halogens is 2. The average molecular weight is 488 g/mol. The molecule has 4 rings (SSSR count). The van der Waals surface area contributed by atoms with Gasteiger partial charge in [-0.1, -0.05) is 5.57 Å². The van der Waals surface area contributed by atoms with E-state index in [1.54, 1.807) is 6.92 Å². The van der Waals surface area contributed by atoms with Gasteiger partial charge in [-0.15, -0.1) is 0 Å². The Morgan fingerprint density at radius 3 is 2.63 bits per heavy atom. The van der Waals surface area contributed by atoms with Crippen LogP contribution in [0.3, 0.4) is 0 Å². The van der Waals surface area contributed by atoms with Gasteiger partial charge in [-0.05, 0) is 58.2 Å². The van der Waals surface area contributed by atoms with Gasteiger partial charge in [-0.2, -0.15) is 13.9 Å². The number of benzene rings is 1. The zero-order chi connectivity index (χ0) is 25.3. The van der Waals surface area contributed by atoms with Gasteiger partial charge >= 0.3 is 6.55 Å². The Kier molecular flexibility index (Phi) is 7.30. The van der Waals surface area contributed by atoms with E-state index in [2.05, 4.69) is 20.3 Å². The zero-order valence-corrected chi connectivity index (χ0v) is 20.5. The second-order valence-corrected chi connectivity index (χ2v) is 9.07. The van der Waals surface area contributed by atoms with E-state index in [4.69, 9.17) is 4.74 Å². The fraction of sp³-hybridized carbons (Fsp3) is 0.520. The molecule has 3 heterocycles. The summed E-state index contributed by atoms with van der Waals surface area (Å²) in [6.45, 7) is 6.56. The molecular formula is C25H31F2N5O3. The van der Waals surface area contributed by atoms with E-state index >= 15 is 0 Å². The first kappa shape index (κ1) is 25.0. The summed E-state index contributed by atoms with van der Waals surface area (Å²) in [7, 11) is 0. The SMILES string of the molecule is CCN(c1c(C)c(C(=O)NCC2C(=O)N=C(C)C=C2C)cc2c1cnn2C(F)F)C1CCOCC1. The molecule has 188 valence electrons. The third-order valence-corrected chi connectivity index (χ3v) is 6.86. The number of ether oxygens (including phenoxy) is 1. The lowest BCUT2D eigenvalue weighted by Gasteiger charge is -2.37. The van der Waals surface area contributed by atoms with Crippen LogP contribution in [-0.4, -0.2) is 59.7 Å².